The van der Waals surface area contributed by atoms with Crippen LogP contribution in [0.1, 0.15) is 91.0 Å². The van der Waals surface area contributed by atoms with E-state index < -0.39 is 5.60 Å². The first-order valence-electron chi connectivity index (χ1n) is 16.9. The van der Waals surface area contributed by atoms with Gasteiger partial charge in [0.25, 0.3) is 0 Å². The van der Waals surface area contributed by atoms with Gasteiger partial charge in [0, 0.05) is 74.4 Å². The summed E-state index contributed by atoms with van der Waals surface area (Å²) in [5.74, 6) is 2.28. The zero-order chi connectivity index (χ0) is 31.5. The highest BCUT2D eigenvalue weighted by Crippen LogP contribution is 2.43. The van der Waals surface area contributed by atoms with Crippen molar-refractivity contribution in [2.24, 2.45) is 5.41 Å². The third-order valence-corrected chi connectivity index (χ3v) is 10.4. The summed E-state index contributed by atoms with van der Waals surface area (Å²) in [7, 11) is 0. The molecule has 12 heteroatoms. The van der Waals surface area contributed by atoms with E-state index in [1.165, 1.54) is 0 Å². The number of hydrogen-bond acceptors (Lipinski definition) is 9. The Morgan fingerprint density at radius 3 is 2.44 bits per heavy atom. The van der Waals surface area contributed by atoms with Gasteiger partial charge in [-0.3, -0.25) is 0 Å². The van der Waals surface area contributed by atoms with Gasteiger partial charge in [0.2, 0.25) is 0 Å². The summed E-state index contributed by atoms with van der Waals surface area (Å²) in [5, 5.41) is 8.60. The summed E-state index contributed by atoms with van der Waals surface area (Å²) in [5.41, 5.74) is 1.87. The number of aromatic nitrogens is 3. The molecule has 2 aromatic heterocycles. The molecule has 0 saturated carbocycles. The summed E-state index contributed by atoms with van der Waals surface area (Å²) in [6.07, 6.45) is 7.57. The molecule has 12 nitrogen and oxygen atoms in total. The standard InChI is InChI=1S/C33H49N7O5/c1-21(2)26-17-34-40-28(16-27(36-29(26)40)38-19-33(20-38)9-12-43-13-10-33)35-22-14-23-6-7-24(15-22)39(23)31(42)44-25-8-11-37(18-25)30(41)45-32(3,4)5/h16-17,21-25,35H,6-15,18-20H2,1-5H3. The Balaban J connectivity index is 1.01. The van der Waals surface area contributed by atoms with Gasteiger partial charge in [0.1, 0.15) is 23.3 Å². The predicted molar refractivity (Wildman–Crippen MR) is 170 cm³/mol. The van der Waals surface area contributed by atoms with Crippen LogP contribution in [0.4, 0.5) is 21.2 Å². The van der Waals surface area contributed by atoms with Crippen LogP contribution in [-0.2, 0) is 14.2 Å². The molecule has 0 radical (unpaired) electrons. The van der Waals surface area contributed by atoms with Gasteiger partial charge in [-0.15, -0.1) is 0 Å². The maximum atomic E-state index is 13.4. The fourth-order valence-electron chi connectivity index (χ4n) is 8.01. The number of nitrogens with one attached hydrogen (secondary N) is 1. The van der Waals surface area contributed by atoms with E-state index in [2.05, 4.69) is 30.1 Å². The topological polar surface area (TPSA) is 114 Å². The highest BCUT2D eigenvalue weighted by Gasteiger charge is 2.46. The molecule has 2 aromatic rings. The average molecular weight is 624 g/mol. The molecule has 5 aliphatic rings. The molecular weight excluding hydrogens is 574 g/mol. The zero-order valence-corrected chi connectivity index (χ0v) is 27.5. The molecule has 3 unspecified atom stereocenters. The molecule has 5 saturated heterocycles. The maximum Gasteiger partial charge on any atom is 0.410 e. The van der Waals surface area contributed by atoms with Crippen LogP contribution in [0, 0.1) is 5.41 Å². The van der Waals surface area contributed by atoms with E-state index in [9.17, 15) is 9.59 Å². The van der Waals surface area contributed by atoms with Crippen molar-refractivity contribution in [3.05, 3.63) is 17.8 Å². The van der Waals surface area contributed by atoms with Crippen molar-refractivity contribution in [2.45, 2.75) is 115 Å². The normalized spacial score (nSPS) is 27.7. The van der Waals surface area contributed by atoms with E-state index >= 15 is 0 Å². The molecule has 7 heterocycles. The third-order valence-electron chi connectivity index (χ3n) is 10.4. The van der Waals surface area contributed by atoms with Crippen molar-refractivity contribution < 1.29 is 23.8 Å². The van der Waals surface area contributed by atoms with Gasteiger partial charge in [-0.2, -0.15) is 9.61 Å². The van der Waals surface area contributed by atoms with Crippen molar-refractivity contribution in [2.75, 3.05) is 49.6 Å². The van der Waals surface area contributed by atoms with Gasteiger partial charge in [-0.25, -0.2) is 14.6 Å². The molecule has 246 valence electrons. The summed E-state index contributed by atoms with van der Waals surface area (Å²) in [4.78, 5) is 37.1. The Labute approximate surface area is 265 Å². The third kappa shape index (κ3) is 6.02. The summed E-state index contributed by atoms with van der Waals surface area (Å²) < 4.78 is 19.1. The molecule has 2 bridgehead atoms. The number of carbonyl (C=O) groups excluding carboxylic acids is 2. The van der Waals surface area contributed by atoms with E-state index in [-0.39, 0.29) is 36.4 Å². The lowest BCUT2D eigenvalue weighted by Gasteiger charge is -2.52. The highest BCUT2D eigenvalue weighted by molar-refractivity contribution is 5.71. The smallest absolute Gasteiger partial charge is 0.410 e. The minimum Gasteiger partial charge on any atom is -0.444 e. The van der Waals surface area contributed by atoms with Crippen molar-refractivity contribution in [1.29, 1.82) is 0 Å². The number of hydrogen-bond donors (Lipinski definition) is 1. The summed E-state index contributed by atoms with van der Waals surface area (Å²) >= 11 is 0. The number of amides is 2. The Morgan fingerprint density at radius 2 is 1.78 bits per heavy atom. The molecule has 5 aliphatic heterocycles. The van der Waals surface area contributed by atoms with Crippen LogP contribution in [0.25, 0.3) is 5.65 Å². The fourth-order valence-corrected chi connectivity index (χ4v) is 8.01. The molecule has 7 rings (SSSR count). The lowest BCUT2D eigenvalue weighted by Crippen LogP contribution is -2.58. The molecule has 1 N–H and O–H groups in total. The molecule has 0 aromatic carbocycles. The molecule has 5 fully saturated rings. The second-order valence-corrected chi connectivity index (χ2v) is 15.3. The first-order valence-corrected chi connectivity index (χ1v) is 16.9. The largest absolute Gasteiger partial charge is 0.444 e. The maximum absolute atomic E-state index is 13.4. The molecule has 2 amide bonds. The Morgan fingerprint density at radius 1 is 1.07 bits per heavy atom. The lowest BCUT2D eigenvalue weighted by molar-refractivity contribution is -0.000452. The zero-order valence-electron chi connectivity index (χ0n) is 27.5. The van der Waals surface area contributed by atoms with E-state index in [1.807, 2.05) is 36.4 Å². The Hall–Kier alpha value is -3.28. The van der Waals surface area contributed by atoms with E-state index in [0.717, 1.165) is 87.7 Å². The second kappa shape index (κ2) is 11.5. The van der Waals surface area contributed by atoms with Crippen molar-refractivity contribution in [3.63, 3.8) is 0 Å². The van der Waals surface area contributed by atoms with Gasteiger partial charge in [-0.05, 0) is 65.2 Å². The first kappa shape index (κ1) is 30.4. The van der Waals surface area contributed by atoms with Crippen molar-refractivity contribution in [3.8, 4) is 0 Å². The lowest BCUT2D eigenvalue weighted by atomic mass is 9.73. The fraction of sp³-hybridized carbons (Fsp3) is 0.758. The number of fused-ring (bicyclic) bond motifs is 3. The van der Waals surface area contributed by atoms with Gasteiger partial charge in [0.05, 0.1) is 12.7 Å². The molecule has 3 atom stereocenters. The van der Waals surface area contributed by atoms with Gasteiger partial charge in [0.15, 0.2) is 5.65 Å². The van der Waals surface area contributed by atoms with Crippen LogP contribution in [0.3, 0.4) is 0 Å². The van der Waals surface area contributed by atoms with E-state index in [1.54, 1.807) is 4.90 Å². The average Bonchev–Trinajstić information content (AvgIpc) is 3.67. The van der Waals surface area contributed by atoms with Crippen LogP contribution in [-0.4, -0.2) is 106 Å². The monoisotopic (exact) mass is 623 g/mol. The predicted octanol–water partition coefficient (Wildman–Crippen LogP) is 5.02. The number of piperidine rings is 1. The number of nitrogens with zero attached hydrogens (tertiary/aromatic N) is 6. The molecule has 45 heavy (non-hydrogen) atoms. The molecular formula is C33H49N7O5. The number of likely N-dealkylation sites (tertiary alicyclic amines) is 1. The van der Waals surface area contributed by atoms with Crippen LogP contribution >= 0.6 is 0 Å². The van der Waals surface area contributed by atoms with E-state index in [0.29, 0.717) is 30.8 Å². The first-order chi connectivity index (χ1) is 21.5. The molecule has 0 aliphatic carbocycles. The number of rotatable bonds is 5. The number of carbonyl (C=O) groups is 2. The SMILES string of the molecule is CC(C)c1cnn2c(NC3CC4CCC(C3)N4C(=O)OC3CCN(C(=O)OC(C)(C)C)C3)cc(N3CC4(CCOCC4)C3)nc12. The number of ether oxygens (including phenoxy) is 3. The van der Waals surface area contributed by atoms with Crippen LogP contribution in [0.5, 0.6) is 0 Å². The van der Waals surface area contributed by atoms with Crippen molar-refractivity contribution >= 4 is 29.5 Å². The highest BCUT2D eigenvalue weighted by atomic mass is 16.6. The van der Waals surface area contributed by atoms with Gasteiger partial charge in [-0.1, -0.05) is 13.8 Å². The minimum atomic E-state index is -0.552. The quantitative estimate of drug-likeness (QED) is 0.490. The van der Waals surface area contributed by atoms with Crippen LogP contribution in [0.2, 0.25) is 0 Å². The number of anilines is 2. The van der Waals surface area contributed by atoms with Crippen LogP contribution in [0.15, 0.2) is 12.3 Å². The van der Waals surface area contributed by atoms with Gasteiger partial charge >= 0.3 is 12.2 Å². The van der Waals surface area contributed by atoms with Crippen LogP contribution < -0.4 is 10.2 Å². The second-order valence-electron chi connectivity index (χ2n) is 15.3. The summed E-state index contributed by atoms with van der Waals surface area (Å²) in [6.45, 7) is 14.6. The Kier molecular flexibility index (Phi) is 7.77. The summed E-state index contributed by atoms with van der Waals surface area (Å²) in [6, 6.07) is 2.63. The van der Waals surface area contributed by atoms with Crippen molar-refractivity contribution in [1.82, 2.24) is 24.4 Å². The minimum absolute atomic E-state index is 0.126. The van der Waals surface area contributed by atoms with Gasteiger partial charge < -0.3 is 34.2 Å². The molecule has 1 spiro atoms. The Bertz CT molecular complexity index is 1410. The van der Waals surface area contributed by atoms with E-state index in [4.69, 9.17) is 24.3 Å².